The zero-order chi connectivity index (χ0) is 19.4. The van der Waals surface area contributed by atoms with Crippen LogP contribution in [0.25, 0.3) is 10.2 Å². The van der Waals surface area contributed by atoms with Gasteiger partial charge in [-0.25, -0.2) is 14.6 Å². The highest BCUT2D eigenvalue weighted by Crippen LogP contribution is 2.36. The summed E-state index contributed by atoms with van der Waals surface area (Å²) in [7, 11) is 2.43. The number of hydrogen-bond acceptors (Lipinski definition) is 7. The number of nitrogens with one attached hydrogen (secondary N) is 1. The molecule has 27 heavy (non-hydrogen) atoms. The quantitative estimate of drug-likeness (QED) is 0.785. The standard InChI is InChI=1S/C18H21N3O5S/c1-25-15(22)10-12(17(23)26-2)20-18(24)21-9-5-7-13(21)16-19-11-6-3-4-8-14(11)27-16/h3-4,6,8,12-13H,5,7,9-10H2,1-2H3,(H,20,24)/t12-,13-/m0/s1. The van der Waals surface area contributed by atoms with E-state index in [9.17, 15) is 14.4 Å². The van der Waals surface area contributed by atoms with E-state index in [2.05, 4.69) is 19.8 Å². The van der Waals surface area contributed by atoms with Crippen molar-refractivity contribution < 1.29 is 23.9 Å². The molecular formula is C18H21N3O5S. The second-order valence-corrected chi connectivity index (χ2v) is 7.24. The van der Waals surface area contributed by atoms with Gasteiger partial charge in [-0.1, -0.05) is 12.1 Å². The molecule has 0 saturated carbocycles. The number of aromatic nitrogens is 1. The van der Waals surface area contributed by atoms with Crippen LogP contribution >= 0.6 is 11.3 Å². The predicted molar refractivity (Wildman–Crippen MR) is 99.3 cm³/mol. The summed E-state index contributed by atoms with van der Waals surface area (Å²) in [6, 6.07) is 6.16. The molecule has 9 heteroatoms. The van der Waals surface area contributed by atoms with E-state index in [1.165, 1.54) is 14.2 Å². The van der Waals surface area contributed by atoms with E-state index in [0.717, 1.165) is 28.1 Å². The maximum absolute atomic E-state index is 12.8. The number of likely N-dealkylation sites (tertiary alicyclic amines) is 1. The number of hydrogen-bond donors (Lipinski definition) is 1. The summed E-state index contributed by atoms with van der Waals surface area (Å²) in [6.07, 6.45) is 1.36. The van der Waals surface area contributed by atoms with Crippen LogP contribution < -0.4 is 5.32 Å². The summed E-state index contributed by atoms with van der Waals surface area (Å²) >= 11 is 1.56. The molecule has 1 aromatic heterocycles. The van der Waals surface area contributed by atoms with Gasteiger partial charge in [0.25, 0.3) is 0 Å². The van der Waals surface area contributed by atoms with Gasteiger partial charge in [-0.15, -0.1) is 11.3 Å². The Balaban J connectivity index is 1.75. The van der Waals surface area contributed by atoms with Gasteiger partial charge in [0.05, 0.1) is 36.9 Å². The lowest BCUT2D eigenvalue weighted by Crippen LogP contribution is -2.49. The summed E-state index contributed by atoms with van der Waals surface area (Å²) in [6.45, 7) is 0.554. The first-order chi connectivity index (χ1) is 13.0. The van der Waals surface area contributed by atoms with Crippen LogP contribution in [0.5, 0.6) is 0 Å². The molecule has 1 N–H and O–H groups in total. The molecule has 1 fully saturated rings. The summed E-state index contributed by atoms with van der Waals surface area (Å²) in [5.41, 5.74) is 0.905. The zero-order valence-corrected chi connectivity index (χ0v) is 16.0. The molecule has 2 heterocycles. The molecule has 2 amide bonds. The number of amides is 2. The minimum absolute atomic E-state index is 0.154. The van der Waals surface area contributed by atoms with Gasteiger partial charge in [0, 0.05) is 6.54 Å². The molecule has 1 aliphatic rings. The van der Waals surface area contributed by atoms with Crippen molar-refractivity contribution in [2.24, 2.45) is 0 Å². The molecule has 144 valence electrons. The topological polar surface area (TPSA) is 97.8 Å². The third-order valence-corrected chi connectivity index (χ3v) is 5.63. The van der Waals surface area contributed by atoms with Crippen LogP contribution in [0, 0.1) is 0 Å². The molecule has 0 unspecified atom stereocenters. The average molecular weight is 391 g/mol. The van der Waals surface area contributed by atoms with Crippen molar-refractivity contribution in [2.45, 2.75) is 31.3 Å². The normalized spacial score (nSPS) is 17.6. The van der Waals surface area contributed by atoms with Gasteiger partial charge in [-0.3, -0.25) is 4.79 Å². The summed E-state index contributed by atoms with van der Waals surface area (Å²) in [5.74, 6) is -1.29. The van der Waals surface area contributed by atoms with Crippen LogP contribution in [0.4, 0.5) is 4.79 Å². The van der Waals surface area contributed by atoms with Gasteiger partial charge < -0.3 is 19.7 Å². The van der Waals surface area contributed by atoms with Gasteiger partial charge in [0.1, 0.15) is 11.0 Å². The molecule has 1 aliphatic heterocycles. The number of rotatable bonds is 5. The lowest BCUT2D eigenvalue weighted by Gasteiger charge is -2.25. The van der Waals surface area contributed by atoms with Crippen LogP contribution in [0.2, 0.25) is 0 Å². The monoisotopic (exact) mass is 391 g/mol. The van der Waals surface area contributed by atoms with E-state index in [0.29, 0.717) is 6.54 Å². The van der Waals surface area contributed by atoms with Crippen LogP contribution in [-0.4, -0.2) is 54.7 Å². The number of carbonyl (C=O) groups is 3. The number of urea groups is 1. The SMILES string of the molecule is COC(=O)C[C@H](NC(=O)N1CCC[C@H]1c1nc2ccccc2s1)C(=O)OC. The Morgan fingerprint density at radius 1 is 1.30 bits per heavy atom. The molecule has 3 rings (SSSR count). The molecule has 1 aromatic carbocycles. The van der Waals surface area contributed by atoms with Gasteiger partial charge in [-0.05, 0) is 25.0 Å². The van der Waals surface area contributed by atoms with E-state index < -0.39 is 24.0 Å². The van der Waals surface area contributed by atoms with Crippen molar-refractivity contribution >= 4 is 39.5 Å². The molecule has 1 saturated heterocycles. The maximum Gasteiger partial charge on any atom is 0.329 e. The Morgan fingerprint density at radius 2 is 2.07 bits per heavy atom. The van der Waals surface area contributed by atoms with Crippen molar-refractivity contribution in [2.75, 3.05) is 20.8 Å². The Bertz CT molecular complexity index is 819. The van der Waals surface area contributed by atoms with Crippen molar-refractivity contribution in [1.29, 1.82) is 0 Å². The number of carbonyl (C=O) groups excluding carboxylic acids is 3. The molecule has 2 atom stereocenters. The Morgan fingerprint density at radius 3 is 2.78 bits per heavy atom. The molecule has 8 nitrogen and oxygen atoms in total. The molecule has 0 radical (unpaired) electrons. The number of ether oxygens (including phenoxy) is 2. The van der Waals surface area contributed by atoms with E-state index in [-0.39, 0.29) is 12.5 Å². The molecule has 0 aliphatic carbocycles. The minimum Gasteiger partial charge on any atom is -0.469 e. The third-order valence-electron chi connectivity index (χ3n) is 4.49. The first-order valence-corrected chi connectivity index (χ1v) is 9.42. The number of fused-ring (bicyclic) bond motifs is 1. The van der Waals surface area contributed by atoms with Crippen molar-refractivity contribution in [3.63, 3.8) is 0 Å². The number of esters is 2. The molecule has 0 spiro atoms. The Labute approximate surface area is 160 Å². The third kappa shape index (κ3) is 4.19. The highest BCUT2D eigenvalue weighted by Gasteiger charge is 2.35. The number of methoxy groups -OCH3 is 2. The number of benzene rings is 1. The van der Waals surface area contributed by atoms with Crippen LogP contribution in [0.3, 0.4) is 0 Å². The van der Waals surface area contributed by atoms with Crippen molar-refractivity contribution in [3.8, 4) is 0 Å². The lowest BCUT2D eigenvalue weighted by atomic mass is 10.2. The lowest BCUT2D eigenvalue weighted by molar-refractivity contribution is -0.149. The first-order valence-electron chi connectivity index (χ1n) is 8.60. The van der Waals surface area contributed by atoms with Crippen LogP contribution in [0.15, 0.2) is 24.3 Å². The number of nitrogens with zero attached hydrogens (tertiary/aromatic N) is 2. The van der Waals surface area contributed by atoms with Crippen molar-refractivity contribution in [3.05, 3.63) is 29.3 Å². The molecular weight excluding hydrogens is 370 g/mol. The smallest absolute Gasteiger partial charge is 0.329 e. The van der Waals surface area contributed by atoms with E-state index in [4.69, 9.17) is 0 Å². The van der Waals surface area contributed by atoms with Gasteiger partial charge in [-0.2, -0.15) is 0 Å². The second-order valence-electron chi connectivity index (χ2n) is 6.18. The minimum atomic E-state index is -1.09. The second kappa shape index (κ2) is 8.34. The van der Waals surface area contributed by atoms with E-state index in [1.54, 1.807) is 16.2 Å². The van der Waals surface area contributed by atoms with Crippen molar-refractivity contribution in [1.82, 2.24) is 15.2 Å². The molecule has 0 bridgehead atoms. The van der Waals surface area contributed by atoms with Crippen LogP contribution in [0.1, 0.15) is 30.3 Å². The zero-order valence-electron chi connectivity index (χ0n) is 15.1. The van der Waals surface area contributed by atoms with Gasteiger partial charge in [0.2, 0.25) is 0 Å². The number of thiazole rings is 1. The fourth-order valence-electron chi connectivity index (χ4n) is 3.12. The Hall–Kier alpha value is -2.68. The fraction of sp³-hybridized carbons (Fsp3) is 0.444. The Kier molecular flexibility index (Phi) is 5.90. The number of para-hydroxylation sites is 1. The summed E-state index contributed by atoms with van der Waals surface area (Å²) in [4.78, 5) is 42.5. The highest BCUT2D eigenvalue weighted by molar-refractivity contribution is 7.18. The van der Waals surface area contributed by atoms with E-state index in [1.807, 2.05) is 24.3 Å². The fourth-order valence-corrected chi connectivity index (χ4v) is 4.23. The van der Waals surface area contributed by atoms with E-state index >= 15 is 0 Å². The maximum atomic E-state index is 12.8. The first kappa shape index (κ1) is 19.1. The predicted octanol–water partition coefficient (Wildman–Crippen LogP) is 2.25. The average Bonchev–Trinajstić information content (AvgIpc) is 3.32. The summed E-state index contributed by atoms with van der Waals surface area (Å²) in [5, 5.41) is 3.46. The summed E-state index contributed by atoms with van der Waals surface area (Å²) < 4.78 is 10.3. The highest BCUT2D eigenvalue weighted by atomic mass is 32.1. The van der Waals surface area contributed by atoms with Crippen LogP contribution in [-0.2, 0) is 19.1 Å². The molecule has 2 aromatic rings. The van der Waals surface area contributed by atoms with Gasteiger partial charge in [0.15, 0.2) is 0 Å². The van der Waals surface area contributed by atoms with Gasteiger partial charge >= 0.3 is 18.0 Å². The largest absolute Gasteiger partial charge is 0.469 e.